The third-order valence-corrected chi connectivity index (χ3v) is 5.47. The average Bonchev–Trinajstić information content (AvgIpc) is 2.85. The topological polar surface area (TPSA) is 92.3 Å². The molecule has 1 N–H and O–H groups in total. The van der Waals surface area contributed by atoms with Gasteiger partial charge in [0, 0.05) is 6.42 Å². The van der Waals surface area contributed by atoms with Crippen molar-refractivity contribution in [2.75, 3.05) is 13.7 Å². The van der Waals surface area contributed by atoms with E-state index in [4.69, 9.17) is 23.7 Å². The van der Waals surface area contributed by atoms with E-state index in [-0.39, 0.29) is 18.8 Å². The Labute approximate surface area is 206 Å². The molecule has 0 unspecified atom stereocenters. The number of hydrogen-bond acceptors (Lipinski definition) is 7. The second-order valence-electron chi connectivity index (χ2n) is 9.42. The van der Waals surface area contributed by atoms with E-state index in [0.29, 0.717) is 19.6 Å². The van der Waals surface area contributed by atoms with E-state index in [1.807, 2.05) is 60.7 Å². The van der Waals surface area contributed by atoms with Crippen LogP contribution in [0.3, 0.4) is 0 Å². The molecular weight excluding hydrogens is 450 g/mol. The fourth-order valence-electron chi connectivity index (χ4n) is 3.76. The molecule has 8 nitrogen and oxygen atoms in total. The lowest BCUT2D eigenvalue weighted by Crippen LogP contribution is -2.56. The van der Waals surface area contributed by atoms with Gasteiger partial charge in [-0.1, -0.05) is 60.7 Å². The Bertz CT molecular complexity index is 930. The summed E-state index contributed by atoms with van der Waals surface area (Å²) < 4.78 is 28.7. The molecule has 0 spiro atoms. The van der Waals surface area contributed by atoms with Crippen LogP contribution in [-0.4, -0.2) is 55.7 Å². The van der Waals surface area contributed by atoms with E-state index in [1.165, 1.54) is 7.11 Å². The largest absolute Gasteiger partial charge is 0.467 e. The van der Waals surface area contributed by atoms with E-state index in [0.717, 1.165) is 11.1 Å². The second-order valence-corrected chi connectivity index (χ2v) is 9.42. The van der Waals surface area contributed by atoms with Crippen molar-refractivity contribution in [2.24, 2.45) is 0 Å². The molecule has 4 atom stereocenters. The summed E-state index contributed by atoms with van der Waals surface area (Å²) in [6.07, 6.45) is -1.80. The van der Waals surface area contributed by atoms with Gasteiger partial charge in [0.05, 0.1) is 39.1 Å². The van der Waals surface area contributed by atoms with Crippen LogP contribution in [0.5, 0.6) is 0 Å². The van der Waals surface area contributed by atoms with Crippen LogP contribution in [0.4, 0.5) is 4.79 Å². The van der Waals surface area contributed by atoms with Crippen LogP contribution in [0.25, 0.3) is 0 Å². The third kappa shape index (κ3) is 8.65. The Morgan fingerprint density at radius 2 is 1.49 bits per heavy atom. The number of alkyl carbamates (subject to hydrolysis) is 1. The third-order valence-electron chi connectivity index (χ3n) is 5.47. The molecule has 1 fully saturated rings. The van der Waals surface area contributed by atoms with Crippen LogP contribution in [-0.2, 0) is 41.7 Å². The minimum absolute atomic E-state index is 0.195. The number of ether oxygens (including phenoxy) is 5. The standard InChI is InChI=1S/C27H35NO7/c1-27(2,3)35-26(30)28-24(25(29)31-4)22-15-21(32-16-19-11-7-5-8-12-19)23(18-34-22)33-17-20-13-9-6-10-14-20/h5-14,21-24H,15-18H2,1-4H3,(H,28,30)/t21-,22+,23+,24-/m1/s1. The van der Waals surface area contributed by atoms with E-state index >= 15 is 0 Å². The predicted octanol–water partition coefficient (Wildman–Crippen LogP) is 4.01. The summed E-state index contributed by atoms with van der Waals surface area (Å²) in [6.45, 7) is 6.23. The van der Waals surface area contributed by atoms with E-state index < -0.39 is 29.8 Å². The van der Waals surface area contributed by atoms with Gasteiger partial charge in [-0.25, -0.2) is 9.59 Å². The van der Waals surface area contributed by atoms with E-state index in [2.05, 4.69) is 5.32 Å². The van der Waals surface area contributed by atoms with E-state index in [9.17, 15) is 9.59 Å². The molecule has 0 saturated carbocycles. The SMILES string of the molecule is COC(=O)[C@H](NC(=O)OC(C)(C)C)[C@@H]1C[C@@H](OCc2ccccc2)[C@@H](OCc2ccccc2)CO1. The van der Waals surface area contributed by atoms with Crippen LogP contribution in [0.15, 0.2) is 60.7 Å². The van der Waals surface area contributed by atoms with Crippen molar-refractivity contribution in [1.29, 1.82) is 0 Å². The highest BCUT2D eigenvalue weighted by molar-refractivity contribution is 5.82. The lowest BCUT2D eigenvalue weighted by atomic mass is 9.97. The number of benzene rings is 2. The fraction of sp³-hybridized carbons (Fsp3) is 0.481. The fourth-order valence-corrected chi connectivity index (χ4v) is 3.76. The maximum Gasteiger partial charge on any atom is 0.408 e. The number of esters is 1. The number of nitrogens with one attached hydrogen (secondary N) is 1. The molecule has 1 amide bonds. The predicted molar refractivity (Wildman–Crippen MR) is 130 cm³/mol. The number of hydrogen-bond donors (Lipinski definition) is 1. The maximum atomic E-state index is 12.5. The number of rotatable bonds is 9. The van der Waals surface area contributed by atoms with Gasteiger partial charge in [-0.2, -0.15) is 0 Å². The van der Waals surface area contributed by atoms with Crippen LogP contribution in [0, 0.1) is 0 Å². The first-order chi connectivity index (χ1) is 16.7. The summed E-state index contributed by atoms with van der Waals surface area (Å²) in [4.78, 5) is 24.9. The molecule has 1 aliphatic rings. The quantitative estimate of drug-likeness (QED) is 0.537. The van der Waals surface area contributed by atoms with Crippen molar-refractivity contribution in [3.05, 3.63) is 71.8 Å². The second kappa shape index (κ2) is 12.7. The number of carbonyl (C=O) groups is 2. The molecule has 1 aliphatic heterocycles. The molecule has 0 aromatic heterocycles. The Hall–Kier alpha value is -2.94. The van der Waals surface area contributed by atoms with Gasteiger partial charge in [0.1, 0.15) is 11.7 Å². The lowest BCUT2D eigenvalue weighted by Gasteiger charge is -2.38. The molecule has 35 heavy (non-hydrogen) atoms. The minimum Gasteiger partial charge on any atom is -0.467 e. The van der Waals surface area contributed by atoms with Gasteiger partial charge in [0.2, 0.25) is 0 Å². The number of carbonyl (C=O) groups excluding carboxylic acids is 2. The average molecular weight is 486 g/mol. The zero-order chi connectivity index (χ0) is 25.3. The van der Waals surface area contributed by atoms with Gasteiger partial charge in [-0.05, 0) is 31.9 Å². The highest BCUT2D eigenvalue weighted by atomic mass is 16.6. The first-order valence-corrected chi connectivity index (χ1v) is 11.7. The van der Waals surface area contributed by atoms with Crippen molar-refractivity contribution in [3.63, 3.8) is 0 Å². The Balaban J connectivity index is 1.71. The summed E-state index contributed by atoms with van der Waals surface area (Å²) in [5, 5.41) is 2.60. The highest BCUT2D eigenvalue weighted by Gasteiger charge is 2.41. The molecule has 8 heteroatoms. The zero-order valence-electron chi connectivity index (χ0n) is 20.8. The smallest absolute Gasteiger partial charge is 0.408 e. The van der Waals surface area contributed by atoms with Crippen LogP contribution >= 0.6 is 0 Å². The summed E-state index contributed by atoms with van der Waals surface area (Å²) in [5.41, 5.74) is 1.35. The van der Waals surface area contributed by atoms with Gasteiger partial charge in [-0.3, -0.25) is 0 Å². The van der Waals surface area contributed by atoms with Gasteiger partial charge >= 0.3 is 12.1 Å². The summed E-state index contributed by atoms with van der Waals surface area (Å²) in [6, 6.07) is 18.6. The highest BCUT2D eigenvalue weighted by Crippen LogP contribution is 2.25. The van der Waals surface area contributed by atoms with Gasteiger partial charge < -0.3 is 29.0 Å². The Morgan fingerprint density at radius 3 is 2.00 bits per heavy atom. The molecule has 2 aromatic carbocycles. The Morgan fingerprint density at radius 1 is 0.943 bits per heavy atom. The first-order valence-electron chi connectivity index (χ1n) is 11.7. The molecule has 2 aromatic rings. The molecule has 1 saturated heterocycles. The molecule has 1 heterocycles. The normalized spacial score (nSPS) is 21.1. The van der Waals surface area contributed by atoms with Crippen molar-refractivity contribution in [2.45, 2.75) is 70.4 Å². The summed E-state index contributed by atoms with van der Waals surface area (Å²) in [5.74, 6) is -0.619. The summed E-state index contributed by atoms with van der Waals surface area (Å²) >= 11 is 0. The minimum atomic E-state index is -1.05. The van der Waals surface area contributed by atoms with Crippen molar-refractivity contribution < 1.29 is 33.3 Å². The molecule has 3 rings (SSSR count). The van der Waals surface area contributed by atoms with Crippen LogP contribution in [0.2, 0.25) is 0 Å². The Kier molecular flexibility index (Phi) is 9.65. The van der Waals surface area contributed by atoms with Crippen molar-refractivity contribution in [3.8, 4) is 0 Å². The van der Waals surface area contributed by atoms with E-state index in [1.54, 1.807) is 20.8 Å². The lowest BCUT2D eigenvalue weighted by molar-refractivity contribution is -0.182. The number of methoxy groups -OCH3 is 1. The summed E-state index contributed by atoms with van der Waals surface area (Å²) in [7, 11) is 1.27. The molecule has 0 aliphatic carbocycles. The first kappa shape index (κ1) is 26.7. The van der Waals surface area contributed by atoms with Crippen LogP contribution < -0.4 is 5.32 Å². The molecule has 190 valence electrons. The molecule has 0 radical (unpaired) electrons. The van der Waals surface area contributed by atoms with Gasteiger partial charge in [0.15, 0.2) is 6.04 Å². The van der Waals surface area contributed by atoms with Gasteiger partial charge in [0.25, 0.3) is 0 Å². The van der Waals surface area contributed by atoms with Gasteiger partial charge in [-0.15, -0.1) is 0 Å². The van der Waals surface area contributed by atoms with Crippen molar-refractivity contribution >= 4 is 12.1 Å². The van der Waals surface area contributed by atoms with Crippen molar-refractivity contribution in [1.82, 2.24) is 5.32 Å². The van der Waals surface area contributed by atoms with Crippen LogP contribution in [0.1, 0.15) is 38.3 Å². The zero-order valence-corrected chi connectivity index (χ0v) is 20.8. The molecule has 0 bridgehead atoms. The maximum absolute atomic E-state index is 12.5. The molecular formula is C27H35NO7. The monoisotopic (exact) mass is 485 g/mol. The number of amides is 1.